The minimum atomic E-state index is -1.25. The van der Waals surface area contributed by atoms with Crippen LogP contribution >= 0.6 is 0 Å². The molecular formula is C12H15NO5. The van der Waals surface area contributed by atoms with Crippen molar-refractivity contribution in [2.75, 3.05) is 0 Å². The van der Waals surface area contributed by atoms with Gasteiger partial charge in [-0.3, -0.25) is 4.79 Å². The second-order valence-electron chi connectivity index (χ2n) is 3.80. The summed E-state index contributed by atoms with van der Waals surface area (Å²) in [4.78, 5) is 21.5. The number of carboxylic acid groups (broad SMARTS) is 2. The van der Waals surface area contributed by atoms with E-state index in [0.29, 0.717) is 0 Å². The van der Waals surface area contributed by atoms with Crippen LogP contribution in [0.2, 0.25) is 0 Å². The highest BCUT2D eigenvalue weighted by Gasteiger charge is 2.24. The molecule has 0 radical (unpaired) electrons. The minimum Gasteiger partial charge on any atom is -0.480 e. The predicted octanol–water partition coefficient (Wildman–Crippen LogP) is 0.458. The molecule has 0 spiro atoms. The van der Waals surface area contributed by atoms with Gasteiger partial charge < -0.3 is 20.7 Å². The second-order valence-corrected chi connectivity index (χ2v) is 3.80. The average molecular weight is 253 g/mol. The molecule has 0 aromatic heterocycles. The predicted molar refractivity (Wildman–Crippen MR) is 62.9 cm³/mol. The van der Waals surface area contributed by atoms with Crippen molar-refractivity contribution < 1.29 is 24.5 Å². The Bertz CT molecular complexity index is 406. The summed E-state index contributed by atoms with van der Waals surface area (Å²) in [6.45, 7) is 0.101. The monoisotopic (exact) mass is 253 g/mol. The van der Waals surface area contributed by atoms with Crippen LogP contribution in [0.25, 0.3) is 0 Å². The topological polar surface area (TPSA) is 110 Å². The minimum absolute atomic E-state index is 0.101. The Morgan fingerprint density at radius 2 is 1.78 bits per heavy atom. The van der Waals surface area contributed by atoms with Gasteiger partial charge in [0.2, 0.25) is 0 Å². The van der Waals surface area contributed by atoms with Gasteiger partial charge in [0, 0.05) is 6.42 Å². The summed E-state index contributed by atoms with van der Waals surface area (Å²) < 4.78 is 5.17. The SMILES string of the molecule is N[C@@H](C[C@@H](OCc1ccccc1)C(=O)O)C(=O)O. The summed E-state index contributed by atoms with van der Waals surface area (Å²) in [5, 5.41) is 17.5. The maximum absolute atomic E-state index is 10.9. The van der Waals surface area contributed by atoms with Gasteiger partial charge in [-0.15, -0.1) is 0 Å². The van der Waals surface area contributed by atoms with Crippen LogP contribution in [0.4, 0.5) is 0 Å². The van der Waals surface area contributed by atoms with Crippen LogP contribution in [-0.4, -0.2) is 34.3 Å². The van der Waals surface area contributed by atoms with Gasteiger partial charge in [-0.2, -0.15) is 0 Å². The molecule has 2 atom stereocenters. The van der Waals surface area contributed by atoms with E-state index in [2.05, 4.69) is 0 Å². The molecule has 0 amide bonds. The lowest BCUT2D eigenvalue weighted by atomic mass is 10.1. The highest BCUT2D eigenvalue weighted by Crippen LogP contribution is 2.08. The Balaban J connectivity index is 2.53. The van der Waals surface area contributed by atoms with E-state index in [4.69, 9.17) is 20.7 Å². The van der Waals surface area contributed by atoms with Gasteiger partial charge in [-0.1, -0.05) is 30.3 Å². The first-order valence-electron chi connectivity index (χ1n) is 5.37. The third kappa shape index (κ3) is 4.52. The number of benzene rings is 1. The van der Waals surface area contributed by atoms with E-state index in [0.717, 1.165) is 5.56 Å². The summed E-state index contributed by atoms with van der Waals surface area (Å²) in [5.41, 5.74) is 6.09. The Hall–Kier alpha value is -1.92. The van der Waals surface area contributed by atoms with E-state index < -0.39 is 24.1 Å². The molecule has 4 N–H and O–H groups in total. The summed E-state index contributed by atoms with van der Waals surface area (Å²) in [6, 6.07) is 7.77. The fourth-order valence-corrected chi connectivity index (χ4v) is 1.34. The third-order valence-corrected chi connectivity index (χ3v) is 2.35. The van der Waals surface area contributed by atoms with Crippen LogP contribution < -0.4 is 5.73 Å². The van der Waals surface area contributed by atoms with Crippen LogP contribution in [0, 0.1) is 0 Å². The summed E-state index contributed by atoms with van der Waals surface area (Å²) in [5.74, 6) is -2.47. The van der Waals surface area contributed by atoms with E-state index in [1.54, 1.807) is 24.3 Å². The number of ether oxygens (including phenoxy) is 1. The molecule has 0 unspecified atom stereocenters. The lowest BCUT2D eigenvalue weighted by molar-refractivity contribution is -0.153. The van der Waals surface area contributed by atoms with E-state index in [1.807, 2.05) is 6.07 Å². The number of carbonyl (C=O) groups is 2. The van der Waals surface area contributed by atoms with E-state index in [9.17, 15) is 9.59 Å². The zero-order chi connectivity index (χ0) is 13.5. The van der Waals surface area contributed by atoms with E-state index in [1.165, 1.54) is 0 Å². The van der Waals surface area contributed by atoms with Gasteiger partial charge in [0.05, 0.1) is 6.61 Å². The van der Waals surface area contributed by atoms with Crippen molar-refractivity contribution in [2.24, 2.45) is 5.73 Å². The molecule has 0 bridgehead atoms. The standard InChI is InChI=1S/C12H15NO5/c13-9(11(14)15)6-10(12(16)17)18-7-8-4-2-1-3-5-8/h1-5,9-10H,6-7,13H2,(H,14,15)(H,16,17)/t9-,10+/m0/s1. The Labute approximate surface area is 104 Å². The molecule has 0 fully saturated rings. The van der Waals surface area contributed by atoms with Gasteiger partial charge in [0.25, 0.3) is 0 Å². The number of hydrogen-bond donors (Lipinski definition) is 3. The molecule has 0 heterocycles. The maximum atomic E-state index is 10.9. The molecule has 1 aromatic carbocycles. The van der Waals surface area contributed by atoms with Gasteiger partial charge in [0.15, 0.2) is 6.10 Å². The molecule has 98 valence electrons. The van der Waals surface area contributed by atoms with Gasteiger partial charge in [-0.05, 0) is 5.56 Å². The zero-order valence-electron chi connectivity index (χ0n) is 9.65. The van der Waals surface area contributed by atoms with Crippen molar-refractivity contribution in [3.8, 4) is 0 Å². The zero-order valence-corrected chi connectivity index (χ0v) is 9.65. The fourth-order valence-electron chi connectivity index (χ4n) is 1.34. The molecule has 0 saturated carbocycles. The lowest BCUT2D eigenvalue weighted by Gasteiger charge is -2.15. The molecule has 0 aliphatic heterocycles. The first kappa shape index (κ1) is 14.1. The summed E-state index contributed by atoms with van der Waals surface area (Å²) in [6.07, 6.45) is -1.49. The molecule has 6 nitrogen and oxygen atoms in total. The fraction of sp³-hybridized carbons (Fsp3) is 0.333. The van der Waals surface area contributed by atoms with Crippen molar-refractivity contribution in [1.82, 2.24) is 0 Å². The Morgan fingerprint density at radius 3 is 2.28 bits per heavy atom. The summed E-state index contributed by atoms with van der Waals surface area (Å²) in [7, 11) is 0. The van der Waals surface area contributed by atoms with Crippen molar-refractivity contribution in [1.29, 1.82) is 0 Å². The van der Waals surface area contributed by atoms with Gasteiger partial charge in [0.1, 0.15) is 6.04 Å². The Morgan fingerprint density at radius 1 is 1.17 bits per heavy atom. The van der Waals surface area contributed by atoms with Crippen molar-refractivity contribution in [3.63, 3.8) is 0 Å². The van der Waals surface area contributed by atoms with E-state index >= 15 is 0 Å². The summed E-state index contributed by atoms with van der Waals surface area (Å²) >= 11 is 0. The molecule has 1 rings (SSSR count). The number of aliphatic carboxylic acids is 2. The van der Waals surface area contributed by atoms with E-state index in [-0.39, 0.29) is 13.0 Å². The number of rotatable bonds is 7. The highest BCUT2D eigenvalue weighted by molar-refractivity contribution is 5.76. The lowest BCUT2D eigenvalue weighted by Crippen LogP contribution is -2.38. The van der Waals surface area contributed by atoms with Crippen molar-refractivity contribution in [3.05, 3.63) is 35.9 Å². The molecule has 0 saturated heterocycles. The normalized spacial score (nSPS) is 13.8. The maximum Gasteiger partial charge on any atom is 0.332 e. The quantitative estimate of drug-likeness (QED) is 0.651. The first-order valence-corrected chi connectivity index (χ1v) is 5.37. The average Bonchev–Trinajstić information content (AvgIpc) is 2.34. The molecular weight excluding hydrogens is 238 g/mol. The van der Waals surface area contributed by atoms with Crippen LogP contribution in [0.15, 0.2) is 30.3 Å². The largest absolute Gasteiger partial charge is 0.480 e. The second kappa shape index (κ2) is 6.73. The Kier molecular flexibility index (Phi) is 5.29. The molecule has 0 aliphatic rings. The first-order chi connectivity index (χ1) is 8.50. The van der Waals surface area contributed by atoms with Crippen LogP contribution in [0.3, 0.4) is 0 Å². The van der Waals surface area contributed by atoms with Crippen molar-refractivity contribution >= 4 is 11.9 Å². The van der Waals surface area contributed by atoms with Gasteiger partial charge >= 0.3 is 11.9 Å². The van der Waals surface area contributed by atoms with Crippen molar-refractivity contribution in [2.45, 2.75) is 25.2 Å². The molecule has 1 aromatic rings. The highest BCUT2D eigenvalue weighted by atomic mass is 16.5. The van der Waals surface area contributed by atoms with Crippen LogP contribution in [0.1, 0.15) is 12.0 Å². The number of hydrogen-bond acceptors (Lipinski definition) is 4. The smallest absolute Gasteiger partial charge is 0.332 e. The van der Waals surface area contributed by atoms with Crippen LogP contribution in [0.5, 0.6) is 0 Å². The molecule has 18 heavy (non-hydrogen) atoms. The molecule has 0 aliphatic carbocycles. The number of carboxylic acids is 2. The molecule has 6 heteroatoms. The van der Waals surface area contributed by atoms with Crippen LogP contribution in [-0.2, 0) is 20.9 Å². The van der Waals surface area contributed by atoms with Gasteiger partial charge in [-0.25, -0.2) is 4.79 Å². The third-order valence-electron chi connectivity index (χ3n) is 2.35. The number of nitrogens with two attached hydrogens (primary N) is 1.